The van der Waals surface area contributed by atoms with Crippen LogP contribution in [0.3, 0.4) is 0 Å². The number of alkyl halides is 1. The highest BCUT2D eigenvalue weighted by Gasteiger charge is 2.13. The molecule has 2 nitrogen and oxygen atoms in total. The van der Waals surface area contributed by atoms with E-state index in [-0.39, 0.29) is 0 Å². The minimum atomic E-state index is 0.743. The van der Waals surface area contributed by atoms with Crippen LogP contribution in [0, 0.1) is 0 Å². The molecule has 0 spiro atoms. The second kappa shape index (κ2) is 5.89. The highest BCUT2D eigenvalue weighted by molar-refractivity contribution is 9.08. The fraction of sp³-hybridized carbons (Fsp3) is 0.357. The number of hydrogen-bond donors (Lipinski definition) is 0. The van der Waals surface area contributed by atoms with Crippen LogP contribution >= 0.6 is 27.5 Å². The zero-order valence-corrected chi connectivity index (χ0v) is 12.9. The number of rotatable bonds is 4. The lowest BCUT2D eigenvalue weighted by Crippen LogP contribution is -2.05. The monoisotopic (exact) mass is 326 g/mol. The quantitative estimate of drug-likeness (QED) is 0.754. The number of halogens is 2. The van der Waals surface area contributed by atoms with Crippen molar-refractivity contribution in [2.24, 2.45) is 0 Å². The molecule has 0 atom stereocenters. The minimum Gasteiger partial charge on any atom is -0.236 e. The number of benzene rings is 1. The Bertz CT molecular complexity index is 549. The van der Waals surface area contributed by atoms with Gasteiger partial charge in [0.05, 0.1) is 16.4 Å². The van der Waals surface area contributed by atoms with E-state index in [9.17, 15) is 0 Å². The molecule has 0 aliphatic rings. The van der Waals surface area contributed by atoms with Gasteiger partial charge in [0.2, 0.25) is 0 Å². The van der Waals surface area contributed by atoms with Crippen molar-refractivity contribution in [1.29, 1.82) is 0 Å². The maximum atomic E-state index is 6.34. The van der Waals surface area contributed by atoms with E-state index in [4.69, 9.17) is 11.6 Å². The molecule has 0 radical (unpaired) electrons. The molecule has 18 heavy (non-hydrogen) atoms. The van der Waals surface area contributed by atoms with Crippen LogP contribution in [0.2, 0.25) is 5.02 Å². The van der Waals surface area contributed by atoms with Crippen LogP contribution in [-0.4, -0.2) is 9.78 Å². The molecule has 2 rings (SSSR count). The number of aryl methyl sites for hydroxylation is 2. The van der Waals surface area contributed by atoms with Crippen molar-refractivity contribution in [3.05, 3.63) is 46.2 Å². The van der Waals surface area contributed by atoms with Gasteiger partial charge in [0.25, 0.3) is 0 Å². The summed E-state index contributed by atoms with van der Waals surface area (Å²) < 4.78 is 1.98. The van der Waals surface area contributed by atoms with E-state index in [1.54, 1.807) is 0 Å². The summed E-state index contributed by atoms with van der Waals surface area (Å²) in [5, 5.41) is 6.16. The zero-order chi connectivity index (χ0) is 13.1. The third-order valence-corrected chi connectivity index (χ3v) is 3.89. The molecule has 1 heterocycles. The van der Waals surface area contributed by atoms with Gasteiger partial charge >= 0.3 is 0 Å². The maximum Gasteiger partial charge on any atom is 0.0875 e. The molecule has 0 aliphatic heterocycles. The molecule has 4 heteroatoms. The lowest BCUT2D eigenvalue weighted by molar-refractivity contribution is 0.789. The molecular formula is C14H16BrClN2. The van der Waals surface area contributed by atoms with E-state index in [0.717, 1.165) is 40.1 Å². The van der Waals surface area contributed by atoms with Crippen LogP contribution in [0.15, 0.2) is 24.3 Å². The highest BCUT2D eigenvalue weighted by Crippen LogP contribution is 2.27. The molecule has 1 aromatic carbocycles. The highest BCUT2D eigenvalue weighted by atomic mass is 79.9. The van der Waals surface area contributed by atoms with Crippen molar-refractivity contribution in [2.45, 2.75) is 32.0 Å². The van der Waals surface area contributed by atoms with Crippen LogP contribution in [0.1, 0.15) is 30.8 Å². The smallest absolute Gasteiger partial charge is 0.0875 e. The van der Waals surface area contributed by atoms with Gasteiger partial charge in [-0.25, -0.2) is 4.68 Å². The number of nitrogens with zero attached hydrogens (tertiary/aromatic N) is 2. The van der Waals surface area contributed by atoms with Gasteiger partial charge in [0.15, 0.2) is 0 Å². The number of para-hydroxylation sites is 1. The van der Waals surface area contributed by atoms with E-state index < -0.39 is 0 Å². The second-order valence-electron chi connectivity index (χ2n) is 4.13. The van der Waals surface area contributed by atoms with Crippen molar-refractivity contribution in [3.8, 4) is 5.69 Å². The van der Waals surface area contributed by atoms with Crippen LogP contribution in [0.5, 0.6) is 0 Å². The van der Waals surface area contributed by atoms with E-state index in [0.29, 0.717) is 0 Å². The third kappa shape index (κ3) is 2.47. The Labute approximate surface area is 121 Å². The van der Waals surface area contributed by atoms with E-state index in [1.165, 1.54) is 5.69 Å². The summed E-state index contributed by atoms with van der Waals surface area (Å²) in [4.78, 5) is 0. The fourth-order valence-corrected chi connectivity index (χ4v) is 2.72. The third-order valence-electron chi connectivity index (χ3n) is 2.98. The molecule has 0 saturated carbocycles. The van der Waals surface area contributed by atoms with Gasteiger partial charge in [-0.1, -0.05) is 53.5 Å². The van der Waals surface area contributed by atoms with Gasteiger partial charge in [0.1, 0.15) is 0 Å². The van der Waals surface area contributed by atoms with Gasteiger partial charge in [-0.2, -0.15) is 5.10 Å². The van der Waals surface area contributed by atoms with Crippen molar-refractivity contribution >= 4 is 27.5 Å². The van der Waals surface area contributed by atoms with Gasteiger partial charge < -0.3 is 0 Å². The van der Waals surface area contributed by atoms with E-state index in [1.807, 2.05) is 16.8 Å². The van der Waals surface area contributed by atoms with E-state index in [2.05, 4.69) is 47.0 Å². The SMILES string of the molecule is CCc1cc(CC)n(-c2c(Cl)cccc2CBr)n1. The molecule has 1 aromatic heterocycles. The molecule has 0 fully saturated rings. The summed E-state index contributed by atoms with van der Waals surface area (Å²) in [6, 6.07) is 8.11. The zero-order valence-electron chi connectivity index (χ0n) is 10.6. The Hall–Kier alpha value is -0.800. The summed E-state index contributed by atoms with van der Waals surface area (Å²) in [6.45, 7) is 4.25. The van der Waals surface area contributed by atoms with Crippen LogP contribution in [0.25, 0.3) is 5.69 Å². The number of aromatic nitrogens is 2. The average Bonchev–Trinajstić information content (AvgIpc) is 2.81. The standard InChI is InChI=1S/C14H16BrClN2/c1-3-11-8-12(4-2)18(17-11)14-10(9-15)6-5-7-13(14)16/h5-8H,3-4,9H2,1-2H3. The Morgan fingerprint density at radius 3 is 2.67 bits per heavy atom. The Kier molecular flexibility index (Phi) is 4.46. The Balaban J connectivity index is 2.64. The molecule has 0 unspecified atom stereocenters. The van der Waals surface area contributed by atoms with Crippen molar-refractivity contribution in [2.75, 3.05) is 0 Å². The molecule has 96 valence electrons. The predicted molar refractivity (Wildman–Crippen MR) is 80.0 cm³/mol. The number of hydrogen-bond acceptors (Lipinski definition) is 1. The summed E-state index contributed by atoms with van der Waals surface area (Å²) >= 11 is 9.85. The van der Waals surface area contributed by atoms with E-state index >= 15 is 0 Å². The van der Waals surface area contributed by atoms with Crippen molar-refractivity contribution < 1.29 is 0 Å². The van der Waals surface area contributed by atoms with Gasteiger partial charge in [-0.05, 0) is 30.5 Å². The summed E-state index contributed by atoms with van der Waals surface area (Å²) in [5.41, 5.74) is 4.45. The lowest BCUT2D eigenvalue weighted by Gasteiger charge is -2.12. The van der Waals surface area contributed by atoms with Crippen LogP contribution < -0.4 is 0 Å². The van der Waals surface area contributed by atoms with Gasteiger partial charge in [-0.3, -0.25) is 0 Å². The van der Waals surface area contributed by atoms with Gasteiger partial charge in [-0.15, -0.1) is 0 Å². The molecule has 2 aromatic rings. The second-order valence-corrected chi connectivity index (χ2v) is 5.10. The normalized spacial score (nSPS) is 10.9. The lowest BCUT2D eigenvalue weighted by atomic mass is 10.2. The van der Waals surface area contributed by atoms with Crippen molar-refractivity contribution in [1.82, 2.24) is 9.78 Å². The molecule has 0 amide bonds. The first-order valence-corrected chi connectivity index (χ1v) is 7.62. The first kappa shape index (κ1) is 13.6. The topological polar surface area (TPSA) is 17.8 Å². The van der Waals surface area contributed by atoms with Crippen molar-refractivity contribution in [3.63, 3.8) is 0 Å². The molecule has 0 aliphatic carbocycles. The molecule has 0 N–H and O–H groups in total. The predicted octanol–water partition coefficient (Wildman–Crippen LogP) is 4.55. The summed E-state index contributed by atoms with van der Waals surface area (Å²) in [7, 11) is 0. The molecular weight excluding hydrogens is 312 g/mol. The first-order valence-electron chi connectivity index (χ1n) is 6.12. The molecule has 0 bridgehead atoms. The van der Waals surface area contributed by atoms with Crippen LogP contribution in [-0.2, 0) is 18.2 Å². The Morgan fingerprint density at radius 2 is 2.06 bits per heavy atom. The maximum absolute atomic E-state index is 6.34. The molecule has 0 saturated heterocycles. The summed E-state index contributed by atoms with van der Waals surface area (Å²) in [5.74, 6) is 0. The van der Waals surface area contributed by atoms with Gasteiger partial charge in [0, 0.05) is 11.0 Å². The largest absolute Gasteiger partial charge is 0.236 e. The average molecular weight is 328 g/mol. The van der Waals surface area contributed by atoms with Crippen LogP contribution in [0.4, 0.5) is 0 Å². The fourth-order valence-electron chi connectivity index (χ4n) is 2.00. The minimum absolute atomic E-state index is 0.743. The summed E-state index contributed by atoms with van der Waals surface area (Å²) in [6.07, 6.45) is 1.88. The first-order chi connectivity index (χ1) is 8.71. The Morgan fingerprint density at radius 1 is 1.28 bits per heavy atom.